The van der Waals surface area contributed by atoms with Crippen LogP contribution in [0.3, 0.4) is 0 Å². The molecule has 8 saturated carbocycles. The van der Waals surface area contributed by atoms with Crippen molar-refractivity contribution in [3.05, 3.63) is 0 Å². The molecule has 0 saturated heterocycles. The van der Waals surface area contributed by atoms with Crippen molar-refractivity contribution in [1.29, 1.82) is 0 Å². The fourth-order valence-electron chi connectivity index (χ4n) is 10.3. The second kappa shape index (κ2) is 10.6. The Morgan fingerprint density at radius 3 is 1.43 bits per heavy atom. The van der Waals surface area contributed by atoms with Crippen LogP contribution < -0.4 is 0 Å². The van der Waals surface area contributed by atoms with Crippen LogP contribution in [-0.2, 0) is 19.1 Å². The molecule has 2 N–H and O–H groups in total. The van der Waals surface area contributed by atoms with Gasteiger partial charge in [-0.3, -0.25) is 9.59 Å². The van der Waals surface area contributed by atoms with Gasteiger partial charge in [0.1, 0.15) is 0 Å². The number of carbonyl (C=O) groups excluding carboxylic acids is 2. The minimum absolute atomic E-state index is 0.100. The summed E-state index contributed by atoms with van der Waals surface area (Å²) in [6.07, 6.45) is 9.38. The molecule has 4 atom stereocenters. The first kappa shape index (κ1) is 32.0. The number of carbonyl (C=O) groups is 2. The van der Waals surface area contributed by atoms with E-state index in [9.17, 15) is 37.4 Å². The average molecular weight is 605 g/mol. The smallest absolute Gasteiger partial charge is 0.312 e. The summed E-state index contributed by atoms with van der Waals surface area (Å²) in [5, 5.41) is 21.6. The molecule has 6 nitrogen and oxygen atoms in total. The summed E-state index contributed by atoms with van der Waals surface area (Å²) >= 11 is 0. The highest BCUT2D eigenvalue weighted by atomic mass is 19.3. The quantitative estimate of drug-likeness (QED) is 0.249. The van der Waals surface area contributed by atoms with Crippen LogP contribution in [0.25, 0.3) is 0 Å². The van der Waals surface area contributed by atoms with E-state index in [-0.39, 0.29) is 23.7 Å². The van der Waals surface area contributed by atoms with Crippen LogP contribution >= 0.6 is 0 Å². The third-order valence-corrected chi connectivity index (χ3v) is 11.9. The molecule has 0 aromatic rings. The van der Waals surface area contributed by atoms with Crippen molar-refractivity contribution in [3.8, 4) is 0 Å². The van der Waals surface area contributed by atoms with Gasteiger partial charge in [-0.05, 0) is 113 Å². The maximum atomic E-state index is 13.0. The van der Waals surface area contributed by atoms with Crippen LogP contribution in [0.1, 0.15) is 105 Å². The Bertz CT molecular complexity index is 1010. The second-order valence-corrected chi connectivity index (χ2v) is 15.5. The molecule has 0 aromatic carbocycles. The van der Waals surface area contributed by atoms with Crippen LogP contribution in [0.2, 0.25) is 0 Å². The zero-order valence-corrected chi connectivity index (χ0v) is 25.4. The van der Waals surface area contributed by atoms with Gasteiger partial charge in [-0.1, -0.05) is 13.3 Å². The predicted octanol–water partition coefficient (Wildman–Crippen LogP) is 6.30. The fraction of sp³-hybridized carbons (Fsp3) is 0.938. The lowest BCUT2D eigenvalue weighted by Gasteiger charge is -2.62. The molecule has 240 valence electrons. The van der Waals surface area contributed by atoms with Gasteiger partial charge < -0.3 is 19.7 Å². The summed E-state index contributed by atoms with van der Waals surface area (Å²) in [4.78, 5) is 24.8. The number of hydrogen-bond acceptors (Lipinski definition) is 6. The summed E-state index contributed by atoms with van der Waals surface area (Å²) in [5.41, 5.74) is -2.62. The average Bonchev–Trinajstić information content (AvgIpc) is 2.87. The van der Waals surface area contributed by atoms with Crippen LogP contribution in [0, 0.1) is 46.3 Å². The van der Waals surface area contributed by atoms with Crippen LogP contribution in [-0.4, -0.2) is 58.4 Å². The molecule has 8 fully saturated rings. The van der Waals surface area contributed by atoms with E-state index in [1.165, 1.54) is 0 Å². The Morgan fingerprint density at radius 2 is 1.07 bits per heavy atom. The minimum atomic E-state index is -2.99. The third kappa shape index (κ3) is 5.84. The Labute approximate surface area is 246 Å². The zero-order valence-electron chi connectivity index (χ0n) is 25.4. The number of halogens is 4. The van der Waals surface area contributed by atoms with Gasteiger partial charge in [0.25, 0.3) is 11.8 Å². The molecule has 0 aliphatic heterocycles. The highest BCUT2D eigenvalue weighted by Crippen LogP contribution is 2.65. The van der Waals surface area contributed by atoms with E-state index in [1.807, 2.05) is 6.92 Å². The van der Waals surface area contributed by atoms with Gasteiger partial charge in [-0.25, -0.2) is 17.6 Å². The Balaban J connectivity index is 0.000000169. The maximum absolute atomic E-state index is 13.0. The fourth-order valence-corrected chi connectivity index (χ4v) is 10.3. The summed E-state index contributed by atoms with van der Waals surface area (Å²) < 4.78 is 61.5. The summed E-state index contributed by atoms with van der Waals surface area (Å²) in [7, 11) is 0. The SMILES string of the molecule is CC(F)(F)COC(=O)C12CC3CC(C1)C(C)(O)C(C3)C2.CCCC1(O)C2CC3CC1CC(C(=O)OCC(C)(F)F)(C3)C2. The molecule has 8 aliphatic rings. The van der Waals surface area contributed by atoms with E-state index in [1.54, 1.807) is 0 Å². The largest absolute Gasteiger partial charge is 0.459 e. The second-order valence-electron chi connectivity index (χ2n) is 15.5. The van der Waals surface area contributed by atoms with Gasteiger partial charge in [0.15, 0.2) is 13.2 Å². The summed E-state index contributed by atoms with van der Waals surface area (Å²) in [6.45, 7) is 3.76. The van der Waals surface area contributed by atoms with Gasteiger partial charge in [-0.2, -0.15) is 0 Å². The Hall–Kier alpha value is -1.42. The van der Waals surface area contributed by atoms with Crippen molar-refractivity contribution in [2.45, 2.75) is 128 Å². The molecule has 0 amide bonds. The molecule has 0 aromatic heterocycles. The maximum Gasteiger partial charge on any atom is 0.312 e. The van der Waals surface area contributed by atoms with Crippen molar-refractivity contribution in [2.75, 3.05) is 13.2 Å². The number of rotatable bonds is 8. The normalized spacial score (nSPS) is 44.9. The highest BCUT2D eigenvalue weighted by molar-refractivity contribution is 5.78. The standard InChI is InChI=1S/C17H26F2O3.C15H22F2O3/c1-3-4-17(21)12-5-11-6-13(17)9-16(7-11,8-12)14(20)22-10-15(2,18)19;1-13(16,17)8-20-12(18)15-5-9-3-10(6-15)14(2,19)11(4-9)7-15/h11-13,21H,3-10H2,1-2H3;9-11,19H,3-8H2,1-2H3. The zero-order chi connectivity index (χ0) is 30.9. The first-order chi connectivity index (χ1) is 19.3. The highest BCUT2D eigenvalue weighted by Gasteiger charge is 2.65. The lowest BCUT2D eigenvalue weighted by atomic mass is 9.44. The lowest BCUT2D eigenvalue weighted by molar-refractivity contribution is -0.219. The molecule has 4 unspecified atom stereocenters. The van der Waals surface area contributed by atoms with E-state index in [4.69, 9.17) is 9.47 Å². The van der Waals surface area contributed by atoms with Gasteiger partial charge in [0.05, 0.1) is 22.0 Å². The molecular formula is C32H48F4O6. The van der Waals surface area contributed by atoms with Gasteiger partial charge in [0, 0.05) is 13.8 Å². The molecule has 0 spiro atoms. The molecule has 8 bridgehead atoms. The molecule has 0 radical (unpaired) electrons. The number of alkyl halides is 4. The number of hydrogen-bond donors (Lipinski definition) is 2. The summed E-state index contributed by atoms with van der Waals surface area (Å²) in [5.74, 6) is -5.61. The molecular weight excluding hydrogens is 556 g/mol. The predicted molar refractivity (Wildman–Crippen MR) is 146 cm³/mol. The van der Waals surface area contributed by atoms with Gasteiger partial charge in [0.2, 0.25) is 0 Å². The number of ether oxygens (including phenoxy) is 2. The van der Waals surface area contributed by atoms with Crippen LogP contribution in [0.5, 0.6) is 0 Å². The number of esters is 2. The Kier molecular flexibility index (Phi) is 8.07. The first-order valence-electron chi connectivity index (χ1n) is 15.9. The monoisotopic (exact) mass is 604 g/mol. The van der Waals surface area contributed by atoms with Gasteiger partial charge >= 0.3 is 11.9 Å². The molecule has 8 aliphatic carbocycles. The van der Waals surface area contributed by atoms with Crippen molar-refractivity contribution in [1.82, 2.24) is 0 Å². The van der Waals surface area contributed by atoms with Crippen molar-refractivity contribution in [2.24, 2.45) is 46.3 Å². The van der Waals surface area contributed by atoms with E-state index in [0.29, 0.717) is 37.5 Å². The van der Waals surface area contributed by atoms with Crippen LogP contribution in [0.4, 0.5) is 17.6 Å². The molecule has 8 rings (SSSR count). The van der Waals surface area contributed by atoms with Crippen molar-refractivity contribution in [3.63, 3.8) is 0 Å². The molecule has 42 heavy (non-hydrogen) atoms. The summed E-state index contributed by atoms with van der Waals surface area (Å²) in [6, 6.07) is 0. The van der Waals surface area contributed by atoms with Crippen molar-refractivity contribution >= 4 is 11.9 Å². The minimum Gasteiger partial charge on any atom is -0.459 e. The third-order valence-electron chi connectivity index (χ3n) is 11.9. The molecule has 10 heteroatoms. The van der Waals surface area contributed by atoms with Crippen LogP contribution in [0.15, 0.2) is 0 Å². The topological polar surface area (TPSA) is 93.1 Å². The van der Waals surface area contributed by atoms with E-state index < -0.39 is 59.0 Å². The Morgan fingerprint density at radius 1 is 0.714 bits per heavy atom. The van der Waals surface area contributed by atoms with Crippen molar-refractivity contribution < 1.29 is 46.8 Å². The lowest BCUT2D eigenvalue weighted by Crippen LogP contribution is -2.63. The van der Waals surface area contributed by atoms with Gasteiger partial charge in [-0.15, -0.1) is 0 Å². The first-order valence-corrected chi connectivity index (χ1v) is 15.9. The molecule has 0 heterocycles. The number of aliphatic hydroxyl groups is 2. The van der Waals surface area contributed by atoms with E-state index in [0.717, 1.165) is 65.2 Å². The van der Waals surface area contributed by atoms with E-state index in [2.05, 4.69) is 6.92 Å². The van der Waals surface area contributed by atoms with E-state index >= 15 is 0 Å².